The Balaban J connectivity index is 2.95. The van der Waals surface area contributed by atoms with Crippen LogP contribution < -0.4 is 0 Å². The monoisotopic (exact) mass is 229 g/mol. The normalized spacial score (nSPS) is 10.1. The quantitative estimate of drug-likeness (QED) is 0.729. The highest BCUT2D eigenvalue weighted by Gasteiger charge is 2.14. The van der Waals surface area contributed by atoms with Crippen molar-refractivity contribution < 1.29 is 9.18 Å². The lowest BCUT2D eigenvalue weighted by Crippen LogP contribution is -2.29. The Morgan fingerprint density at radius 2 is 2.20 bits per heavy atom. The molecule has 0 N–H and O–H groups in total. The summed E-state index contributed by atoms with van der Waals surface area (Å²) in [5, 5.41) is 0. The van der Waals surface area contributed by atoms with E-state index in [1.807, 2.05) is 0 Å². The molecule has 1 amide bonds. The van der Waals surface area contributed by atoms with Gasteiger partial charge in [0.1, 0.15) is 5.82 Å². The van der Waals surface area contributed by atoms with Crippen LogP contribution in [0.5, 0.6) is 0 Å². The molecule has 0 saturated heterocycles. The smallest absolute Gasteiger partial charge is 0.254 e. The Bertz CT molecular complexity index is 368. The highest BCUT2D eigenvalue weighted by molar-refractivity contribution is 6.18. The number of carbonyl (C=O) groups is 1. The van der Waals surface area contributed by atoms with Gasteiger partial charge in [-0.15, -0.1) is 11.6 Å². The average Bonchev–Trinajstić information content (AvgIpc) is 2.21. The van der Waals surface area contributed by atoms with E-state index in [4.69, 9.17) is 11.6 Å². The van der Waals surface area contributed by atoms with Crippen molar-refractivity contribution >= 4 is 17.5 Å². The Labute approximate surface area is 93.6 Å². The highest BCUT2D eigenvalue weighted by Crippen LogP contribution is 2.12. The number of nitrogens with zero attached hydrogens (tertiary/aromatic N) is 1. The summed E-state index contributed by atoms with van der Waals surface area (Å²) < 4.78 is 13.0. The Morgan fingerprint density at radius 3 is 2.80 bits per heavy atom. The van der Waals surface area contributed by atoms with Crippen LogP contribution in [-0.2, 0) is 0 Å². The average molecular weight is 230 g/mol. The number of aryl methyl sites for hydroxylation is 1. The van der Waals surface area contributed by atoms with Gasteiger partial charge in [-0.2, -0.15) is 0 Å². The van der Waals surface area contributed by atoms with Crippen molar-refractivity contribution in [3.05, 3.63) is 35.1 Å². The number of alkyl halides is 1. The predicted octanol–water partition coefficient (Wildman–Crippen LogP) is 2.44. The van der Waals surface area contributed by atoms with Gasteiger partial charge in [-0.25, -0.2) is 4.39 Å². The molecular weight excluding hydrogens is 217 g/mol. The first-order chi connectivity index (χ1) is 7.06. The first-order valence-corrected chi connectivity index (χ1v) is 5.17. The third-order valence-corrected chi connectivity index (χ3v) is 2.37. The second kappa shape index (κ2) is 5.12. The molecule has 0 atom stereocenters. The molecule has 0 aliphatic heterocycles. The SMILES string of the molecule is Cc1ccc(F)cc1C(=O)N(C)CCCl. The van der Waals surface area contributed by atoms with Gasteiger partial charge in [0.15, 0.2) is 0 Å². The van der Waals surface area contributed by atoms with Crippen LogP contribution >= 0.6 is 11.6 Å². The molecule has 2 nitrogen and oxygen atoms in total. The summed E-state index contributed by atoms with van der Waals surface area (Å²) in [6.45, 7) is 2.23. The second-order valence-corrected chi connectivity index (χ2v) is 3.75. The molecule has 0 aromatic heterocycles. The second-order valence-electron chi connectivity index (χ2n) is 3.37. The van der Waals surface area contributed by atoms with Gasteiger partial charge in [0.2, 0.25) is 0 Å². The minimum Gasteiger partial charge on any atom is -0.341 e. The van der Waals surface area contributed by atoms with E-state index in [9.17, 15) is 9.18 Å². The number of carbonyl (C=O) groups excluding carboxylic acids is 1. The fourth-order valence-electron chi connectivity index (χ4n) is 1.26. The number of halogens is 2. The first-order valence-electron chi connectivity index (χ1n) is 4.64. The van der Waals surface area contributed by atoms with E-state index >= 15 is 0 Å². The van der Waals surface area contributed by atoms with Crippen molar-refractivity contribution in [2.45, 2.75) is 6.92 Å². The Kier molecular flexibility index (Phi) is 4.09. The standard InChI is InChI=1S/C11H13ClFNO/c1-8-3-4-9(13)7-10(8)11(15)14(2)6-5-12/h3-4,7H,5-6H2,1-2H3. The van der Waals surface area contributed by atoms with Crippen molar-refractivity contribution in [2.75, 3.05) is 19.5 Å². The first kappa shape index (κ1) is 12.0. The molecule has 0 spiro atoms. The molecule has 0 aliphatic rings. The van der Waals surface area contributed by atoms with E-state index < -0.39 is 5.82 Å². The fraction of sp³-hybridized carbons (Fsp3) is 0.364. The zero-order valence-electron chi connectivity index (χ0n) is 8.76. The number of hydrogen-bond donors (Lipinski definition) is 0. The lowest BCUT2D eigenvalue weighted by molar-refractivity contribution is 0.0802. The molecule has 0 bridgehead atoms. The minimum atomic E-state index is -0.400. The molecule has 1 aromatic rings. The Hall–Kier alpha value is -1.09. The molecule has 1 aromatic carbocycles. The topological polar surface area (TPSA) is 20.3 Å². The largest absolute Gasteiger partial charge is 0.341 e. The van der Waals surface area contributed by atoms with Crippen LogP contribution in [0.15, 0.2) is 18.2 Å². The maximum Gasteiger partial charge on any atom is 0.254 e. The van der Waals surface area contributed by atoms with Gasteiger partial charge >= 0.3 is 0 Å². The molecule has 1 rings (SSSR count). The van der Waals surface area contributed by atoms with Crippen LogP contribution in [0.4, 0.5) is 4.39 Å². The molecule has 0 saturated carbocycles. The number of benzene rings is 1. The summed E-state index contributed by atoms with van der Waals surface area (Å²) >= 11 is 5.53. The number of hydrogen-bond acceptors (Lipinski definition) is 1. The molecule has 82 valence electrons. The molecule has 0 unspecified atom stereocenters. The van der Waals surface area contributed by atoms with Crippen molar-refractivity contribution in [1.29, 1.82) is 0 Å². The van der Waals surface area contributed by atoms with Gasteiger partial charge in [0.25, 0.3) is 5.91 Å². The lowest BCUT2D eigenvalue weighted by atomic mass is 10.1. The van der Waals surface area contributed by atoms with Crippen LogP contribution in [0, 0.1) is 12.7 Å². The van der Waals surface area contributed by atoms with Crippen molar-refractivity contribution in [3.63, 3.8) is 0 Å². The zero-order chi connectivity index (χ0) is 11.4. The van der Waals surface area contributed by atoms with Gasteiger partial charge in [0, 0.05) is 25.0 Å². The molecule has 0 radical (unpaired) electrons. The van der Waals surface area contributed by atoms with E-state index in [2.05, 4.69) is 0 Å². The summed E-state index contributed by atoms with van der Waals surface area (Å²) in [7, 11) is 1.65. The van der Waals surface area contributed by atoms with E-state index in [0.29, 0.717) is 18.0 Å². The van der Waals surface area contributed by atoms with Crippen LogP contribution in [0.1, 0.15) is 15.9 Å². The van der Waals surface area contributed by atoms with E-state index in [1.165, 1.54) is 17.0 Å². The molecule has 0 heterocycles. The maximum atomic E-state index is 13.0. The van der Waals surface area contributed by atoms with Gasteiger partial charge in [-0.05, 0) is 24.6 Å². The van der Waals surface area contributed by atoms with Crippen molar-refractivity contribution in [2.24, 2.45) is 0 Å². The highest BCUT2D eigenvalue weighted by atomic mass is 35.5. The van der Waals surface area contributed by atoms with E-state index in [-0.39, 0.29) is 5.91 Å². The summed E-state index contributed by atoms with van der Waals surface area (Å²) in [6, 6.07) is 4.19. The van der Waals surface area contributed by atoms with Gasteiger partial charge in [-0.1, -0.05) is 6.07 Å². The summed E-state index contributed by atoms with van der Waals surface area (Å²) in [6.07, 6.45) is 0. The summed E-state index contributed by atoms with van der Waals surface area (Å²) in [4.78, 5) is 13.3. The van der Waals surface area contributed by atoms with Gasteiger partial charge in [-0.3, -0.25) is 4.79 Å². The summed E-state index contributed by atoms with van der Waals surface area (Å²) in [5.74, 6) is -0.229. The van der Waals surface area contributed by atoms with Crippen LogP contribution in [-0.4, -0.2) is 30.3 Å². The third kappa shape index (κ3) is 2.93. The van der Waals surface area contributed by atoms with Gasteiger partial charge in [0.05, 0.1) is 0 Å². The van der Waals surface area contributed by atoms with E-state index in [0.717, 1.165) is 5.56 Å². The minimum absolute atomic E-state index is 0.201. The number of amides is 1. The van der Waals surface area contributed by atoms with Crippen molar-refractivity contribution in [1.82, 2.24) is 4.90 Å². The Morgan fingerprint density at radius 1 is 1.53 bits per heavy atom. The van der Waals surface area contributed by atoms with Crippen molar-refractivity contribution in [3.8, 4) is 0 Å². The fourth-order valence-corrected chi connectivity index (χ4v) is 1.51. The molecule has 0 aliphatic carbocycles. The number of rotatable bonds is 3. The molecule has 4 heteroatoms. The van der Waals surface area contributed by atoms with E-state index in [1.54, 1.807) is 20.0 Å². The maximum absolute atomic E-state index is 13.0. The summed E-state index contributed by atoms with van der Waals surface area (Å²) in [5.41, 5.74) is 1.16. The molecular formula is C11H13ClFNO. The van der Waals surface area contributed by atoms with Crippen LogP contribution in [0.3, 0.4) is 0 Å². The lowest BCUT2D eigenvalue weighted by Gasteiger charge is -2.16. The third-order valence-electron chi connectivity index (χ3n) is 2.20. The predicted molar refractivity (Wildman–Crippen MR) is 58.8 cm³/mol. The molecule has 0 fully saturated rings. The van der Waals surface area contributed by atoms with Crippen LogP contribution in [0.2, 0.25) is 0 Å². The molecule has 15 heavy (non-hydrogen) atoms. The zero-order valence-corrected chi connectivity index (χ0v) is 9.51. The van der Waals surface area contributed by atoms with Crippen LogP contribution in [0.25, 0.3) is 0 Å². The van der Waals surface area contributed by atoms with Gasteiger partial charge < -0.3 is 4.90 Å².